The second kappa shape index (κ2) is 4.79. The van der Waals surface area contributed by atoms with Crippen LogP contribution >= 0.6 is 15.9 Å². The lowest BCUT2D eigenvalue weighted by Crippen LogP contribution is -2.31. The zero-order valence-electron chi connectivity index (χ0n) is 8.82. The maximum absolute atomic E-state index is 12.5. The number of alkyl halides is 1. The van der Waals surface area contributed by atoms with E-state index in [-0.39, 0.29) is 23.7 Å². The van der Waals surface area contributed by atoms with Crippen molar-refractivity contribution in [3.05, 3.63) is 47.3 Å². The molecule has 0 N–H and O–H groups in total. The Bertz CT molecular complexity index is 478. The van der Waals surface area contributed by atoms with Gasteiger partial charge in [-0.2, -0.15) is 0 Å². The predicted octanol–water partition coefficient (Wildman–Crippen LogP) is 2.53. The third-order valence-corrected chi connectivity index (χ3v) is 3.29. The molecule has 3 nitrogen and oxygen atoms in total. The number of hydrogen-bond donors (Lipinski definition) is 0. The summed E-state index contributed by atoms with van der Waals surface area (Å²) in [6.45, 7) is -0.0197. The summed E-state index contributed by atoms with van der Waals surface area (Å²) in [7, 11) is 0. The molecule has 2 amide bonds. The quantitative estimate of drug-likeness (QED) is 0.635. The molecule has 0 unspecified atom stereocenters. The molecule has 2 rings (SSSR count). The molecule has 0 fully saturated rings. The molecule has 5 heteroatoms. The Morgan fingerprint density at radius 2 is 1.76 bits per heavy atom. The van der Waals surface area contributed by atoms with Gasteiger partial charge in [-0.25, -0.2) is 4.39 Å². The highest BCUT2D eigenvalue weighted by atomic mass is 79.9. The van der Waals surface area contributed by atoms with Crippen LogP contribution in [0.1, 0.15) is 20.7 Å². The van der Waals surface area contributed by atoms with Gasteiger partial charge in [0.05, 0.1) is 24.0 Å². The second-order valence-electron chi connectivity index (χ2n) is 3.64. The number of benzene rings is 1. The van der Waals surface area contributed by atoms with Gasteiger partial charge in [-0.15, -0.1) is 0 Å². The van der Waals surface area contributed by atoms with Gasteiger partial charge in [0, 0.05) is 5.33 Å². The minimum atomic E-state index is -0.370. The summed E-state index contributed by atoms with van der Waals surface area (Å²) in [5, 5.41) is 0.289. The zero-order chi connectivity index (χ0) is 12.4. The number of amides is 2. The van der Waals surface area contributed by atoms with Crippen molar-refractivity contribution in [3.8, 4) is 0 Å². The molecular weight excluding hydrogens is 289 g/mol. The summed E-state index contributed by atoms with van der Waals surface area (Å²) in [4.78, 5) is 24.9. The fourth-order valence-corrected chi connectivity index (χ4v) is 1.99. The van der Waals surface area contributed by atoms with Gasteiger partial charge in [-0.05, 0) is 17.7 Å². The number of imide groups is 1. The van der Waals surface area contributed by atoms with Crippen LogP contribution in [-0.2, 0) is 0 Å². The molecule has 0 atom stereocenters. The summed E-state index contributed by atoms with van der Waals surface area (Å²) in [6, 6.07) is 6.60. The normalized spacial score (nSPS) is 15.4. The van der Waals surface area contributed by atoms with Crippen LogP contribution in [0.2, 0.25) is 0 Å². The predicted molar refractivity (Wildman–Crippen MR) is 64.8 cm³/mol. The molecule has 1 aromatic carbocycles. The van der Waals surface area contributed by atoms with Gasteiger partial charge in [0.2, 0.25) is 0 Å². The van der Waals surface area contributed by atoms with Gasteiger partial charge in [-0.3, -0.25) is 14.5 Å². The van der Waals surface area contributed by atoms with Gasteiger partial charge in [0.1, 0.15) is 0 Å². The van der Waals surface area contributed by atoms with Crippen molar-refractivity contribution in [2.24, 2.45) is 0 Å². The number of rotatable bonds is 3. The third-order valence-electron chi connectivity index (χ3n) is 2.57. The Morgan fingerprint density at radius 1 is 1.24 bits per heavy atom. The van der Waals surface area contributed by atoms with E-state index in [2.05, 4.69) is 15.9 Å². The number of fused-ring (bicyclic) bond motifs is 1. The van der Waals surface area contributed by atoms with Crippen molar-refractivity contribution >= 4 is 27.7 Å². The van der Waals surface area contributed by atoms with Crippen molar-refractivity contribution in [1.82, 2.24) is 4.90 Å². The van der Waals surface area contributed by atoms with Crippen LogP contribution in [0.3, 0.4) is 0 Å². The maximum Gasteiger partial charge on any atom is 0.261 e. The van der Waals surface area contributed by atoms with E-state index in [0.717, 1.165) is 4.90 Å². The Morgan fingerprint density at radius 3 is 2.18 bits per heavy atom. The van der Waals surface area contributed by atoms with E-state index in [4.69, 9.17) is 0 Å². The SMILES string of the molecule is O=C1c2ccccc2C(=O)N1CC(=CF)CBr. The highest BCUT2D eigenvalue weighted by Gasteiger charge is 2.35. The standard InChI is InChI=1S/C12H9BrFNO2/c13-5-8(6-14)7-15-11(16)9-3-1-2-4-10(9)12(15)17/h1-4,6H,5,7H2. The molecule has 0 aliphatic carbocycles. The Hall–Kier alpha value is -1.49. The molecule has 0 radical (unpaired) electrons. The molecule has 0 saturated heterocycles. The van der Waals surface area contributed by atoms with Crippen LogP contribution in [0, 0.1) is 0 Å². The van der Waals surface area contributed by atoms with Gasteiger partial charge in [-0.1, -0.05) is 28.1 Å². The zero-order valence-corrected chi connectivity index (χ0v) is 10.4. The number of halogens is 2. The van der Waals surface area contributed by atoms with Crippen LogP contribution in [0.25, 0.3) is 0 Å². The highest BCUT2D eigenvalue weighted by Crippen LogP contribution is 2.23. The first-order chi connectivity index (χ1) is 8.19. The molecule has 88 valence electrons. The molecule has 1 aliphatic rings. The number of carbonyl (C=O) groups excluding carboxylic acids is 2. The highest BCUT2D eigenvalue weighted by molar-refractivity contribution is 9.09. The van der Waals surface area contributed by atoms with Gasteiger partial charge < -0.3 is 0 Å². The first kappa shape index (κ1) is 12.0. The fraction of sp³-hybridized carbons (Fsp3) is 0.167. The van der Waals surface area contributed by atoms with Gasteiger partial charge in [0.25, 0.3) is 11.8 Å². The summed E-state index contributed by atoms with van der Waals surface area (Å²) in [5.41, 5.74) is 1.11. The van der Waals surface area contributed by atoms with Crippen LogP contribution in [0.4, 0.5) is 4.39 Å². The molecular formula is C12H9BrFNO2. The number of hydrogen-bond acceptors (Lipinski definition) is 2. The van der Waals surface area contributed by atoms with Crippen molar-refractivity contribution in [2.75, 3.05) is 11.9 Å². The molecule has 1 heterocycles. The molecule has 0 spiro atoms. The summed E-state index contributed by atoms with van der Waals surface area (Å²) in [5.74, 6) is -0.739. The van der Waals surface area contributed by atoms with E-state index in [9.17, 15) is 14.0 Å². The third kappa shape index (κ3) is 2.02. The van der Waals surface area contributed by atoms with Crippen molar-refractivity contribution < 1.29 is 14.0 Å². The lowest BCUT2D eigenvalue weighted by Gasteiger charge is -2.14. The summed E-state index contributed by atoms with van der Waals surface area (Å²) < 4.78 is 12.5. The Kier molecular flexibility index (Phi) is 3.38. The Labute approximate surface area is 106 Å². The number of carbonyl (C=O) groups is 2. The fourth-order valence-electron chi connectivity index (χ4n) is 1.69. The van der Waals surface area contributed by atoms with E-state index in [1.54, 1.807) is 24.3 Å². The van der Waals surface area contributed by atoms with Crippen LogP contribution in [-0.4, -0.2) is 28.6 Å². The molecule has 1 aliphatic heterocycles. The smallest absolute Gasteiger partial charge is 0.261 e. The van der Waals surface area contributed by atoms with Crippen molar-refractivity contribution in [2.45, 2.75) is 0 Å². The average molecular weight is 298 g/mol. The Balaban J connectivity index is 2.30. The minimum Gasteiger partial charge on any atom is -0.270 e. The van der Waals surface area contributed by atoms with Crippen LogP contribution < -0.4 is 0 Å². The average Bonchev–Trinajstić information content (AvgIpc) is 2.61. The molecule has 0 aromatic heterocycles. The van der Waals surface area contributed by atoms with E-state index < -0.39 is 0 Å². The molecule has 0 saturated carbocycles. The number of nitrogens with zero attached hydrogens (tertiary/aromatic N) is 1. The lowest BCUT2D eigenvalue weighted by atomic mass is 10.1. The van der Waals surface area contributed by atoms with Gasteiger partial charge >= 0.3 is 0 Å². The molecule has 17 heavy (non-hydrogen) atoms. The summed E-state index contributed by atoms with van der Waals surface area (Å²) in [6.07, 6.45) is 0.415. The van der Waals surface area contributed by atoms with Crippen LogP contribution in [0.5, 0.6) is 0 Å². The van der Waals surface area contributed by atoms with E-state index in [1.807, 2.05) is 0 Å². The first-order valence-electron chi connectivity index (χ1n) is 4.98. The monoisotopic (exact) mass is 297 g/mol. The first-order valence-corrected chi connectivity index (χ1v) is 6.10. The molecule has 0 bridgehead atoms. The van der Waals surface area contributed by atoms with Crippen LogP contribution in [0.15, 0.2) is 36.2 Å². The second-order valence-corrected chi connectivity index (χ2v) is 4.20. The molecule has 1 aromatic rings. The largest absolute Gasteiger partial charge is 0.270 e. The maximum atomic E-state index is 12.5. The minimum absolute atomic E-state index is 0.0197. The van der Waals surface area contributed by atoms with Crippen molar-refractivity contribution in [3.63, 3.8) is 0 Å². The summed E-state index contributed by atoms with van der Waals surface area (Å²) >= 11 is 3.10. The topological polar surface area (TPSA) is 37.4 Å². The van der Waals surface area contributed by atoms with Crippen molar-refractivity contribution in [1.29, 1.82) is 0 Å². The van der Waals surface area contributed by atoms with Gasteiger partial charge in [0.15, 0.2) is 0 Å². The van der Waals surface area contributed by atoms with E-state index in [1.165, 1.54) is 0 Å². The van der Waals surface area contributed by atoms with E-state index in [0.29, 0.717) is 23.0 Å². The van der Waals surface area contributed by atoms with E-state index >= 15 is 0 Å². The lowest BCUT2D eigenvalue weighted by molar-refractivity contribution is 0.0668.